The van der Waals surface area contributed by atoms with Gasteiger partial charge in [0, 0.05) is 25.2 Å². The van der Waals surface area contributed by atoms with Crippen LogP contribution in [0.3, 0.4) is 0 Å². The lowest BCUT2D eigenvalue weighted by atomic mass is 9.97. The Morgan fingerprint density at radius 3 is 2.72 bits per heavy atom. The maximum Gasteiger partial charge on any atom is 0.267 e. The molecule has 1 saturated heterocycles. The van der Waals surface area contributed by atoms with E-state index < -0.39 is 0 Å². The molecule has 0 N–H and O–H groups in total. The molecule has 0 saturated carbocycles. The Kier molecular flexibility index (Phi) is 5.71. The van der Waals surface area contributed by atoms with Crippen molar-refractivity contribution in [2.75, 3.05) is 19.7 Å². The number of rotatable bonds is 5. The molecule has 3 heterocycles. The van der Waals surface area contributed by atoms with Crippen molar-refractivity contribution in [1.29, 1.82) is 0 Å². The summed E-state index contributed by atoms with van der Waals surface area (Å²) in [5, 5.41) is 8.74. The van der Waals surface area contributed by atoms with Gasteiger partial charge in [0.15, 0.2) is 6.61 Å². The molecule has 150 valence electrons. The monoisotopic (exact) mass is 413 g/mol. The van der Waals surface area contributed by atoms with Gasteiger partial charge in [0.2, 0.25) is 5.89 Å². The molecule has 2 aromatic heterocycles. The number of hydrogen-bond donors (Lipinski definition) is 0. The van der Waals surface area contributed by atoms with Crippen molar-refractivity contribution in [3.8, 4) is 17.3 Å². The number of benzene rings is 1. The van der Waals surface area contributed by atoms with E-state index in [2.05, 4.69) is 20.2 Å². The van der Waals surface area contributed by atoms with E-state index in [0.29, 0.717) is 41.3 Å². The van der Waals surface area contributed by atoms with E-state index in [9.17, 15) is 4.79 Å². The average Bonchev–Trinajstić information content (AvgIpc) is 3.24. The number of nitrogens with zero attached hydrogens (tertiary/aromatic N) is 5. The lowest BCUT2D eigenvalue weighted by molar-refractivity contribution is -0.134. The largest absolute Gasteiger partial charge is 0.482 e. The van der Waals surface area contributed by atoms with Crippen LogP contribution in [-0.2, 0) is 4.79 Å². The number of hydrogen-bond acceptors (Lipinski definition) is 7. The predicted octanol–water partition coefficient (Wildman–Crippen LogP) is 3.27. The molecule has 0 bridgehead atoms. The fraction of sp³-hybridized carbons (Fsp3) is 0.350. The second-order valence-corrected chi connectivity index (χ2v) is 7.27. The van der Waals surface area contributed by atoms with Gasteiger partial charge in [-0.1, -0.05) is 23.7 Å². The van der Waals surface area contributed by atoms with Gasteiger partial charge in [-0.3, -0.25) is 9.78 Å². The van der Waals surface area contributed by atoms with Crippen LogP contribution in [0.15, 0.2) is 41.1 Å². The number of aryl methyl sites for hydroxylation is 1. The highest BCUT2D eigenvalue weighted by Gasteiger charge is 2.28. The minimum Gasteiger partial charge on any atom is -0.482 e. The highest BCUT2D eigenvalue weighted by Crippen LogP contribution is 2.29. The Balaban J connectivity index is 1.31. The molecule has 0 spiro atoms. The van der Waals surface area contributed by atoms with Crippen molar-refractivity contribution in [2.24, 2.45) is 0 Å². The summed E-state index contributed by atoms with van der Waals surface area (Å²) in [4.78, 5) is 22.7. The minimum atomic E-state index is -0.0653. The van der Waals surface area contributed by atoms with Gasteiger partial charge < -0.3 is 14.1 Å². The van der Waals surface area contributed by atoms with Crippen LogP contribution in [0.5, 0.6) is 5.75 Å². The van der Waals surface area contributed by atoms with E-state index in [1.165, 1.54) is 0 Å². The summed E-state index contributed by atoms with van der Waals surface area (Å²) in [6, 6.07) is 7.11. The third-order valence-corrected chi connectivity index (χ3v) is 5.14. The van der Waals surface area contributed by atoms with Gasteiger partial charge >= 0.3 is 0 Å². The van der Waals surface area contributed by atoms with Gasteiger partial charge in [-0.15, -0.1) is 10.2 Å². The summed E-state index contributed by atoms with van der Waals surface area (Å²) in [5.74, 6) is 1.49. The Hall–Kier alpha value is -3.00. The number of aromatic nitrogens is 4. The SMILES string of the molecule is Cc1cnc(-c2nnc(C3CCN(C(=O)COc4ccccc4Cl)CC3)o2)cn1. The van der Waals surface area contributed by atoms with Crippen LogP contribution in [0.4, 0.5) is 0 Å². The zero-order chi connectivity index (χ0) is 20.2. The first-order chi connectivity index (χ1) is 14.1. The van der Waals surface area contributed by atoms with Crippen molar-refractivity contribution < 1.29 is 13.9 Å². The topological polar surface area (TPSA) is 94.2 Å². The first-order valence-corrected chi connectivity index (χ1v) is 9.75. The van der Waals surface area contributed by atoms with Gasteiger partial charge in [0.25, 0.3) is 11.8 Å². The van der Waals surface area contributed by atoms with Crippen LogP contribution < -0.4 is 4.74 Å². The number of para-hydroxylation sites is 1. The van der Waals surface area contributed by atoms with Crippen LogP contribution in [0.1, 0.15) is 30.3 Å². The maximum atomic E-state index is 12.4. The van der Waals surface area contributed by atoms with Crippen LogP contribution in [-0.4, -0.2) is 50.7 Å². The van der Waals surface area contributed by atoms with E-state index in [4.69, 9.17) is 20.8 Å². The summed E-state index contributed by atoms with van der Waals surface area (Å²) in [7, 11) is 0. The molecule has 4 rings (SSSR count). The molecule has 0 atom stereocenters. The van der Waals surface area contributed by atoms with Crippen LogP contribution >= 0.6 is 11.6 Å². The van der Waals surface area contributed by atoms with Crippen molar-refractivity contribution in [3.05, 3.63) is 53.3 Å². The van der Waals surface area contributed by atoms with Gasteiger partial charge in [-0.2, -0.15) is 0 Å². The minimum absolute atomic E-state index is 0.0365. The molecular formula is C20H20ClN5O3. The molecule has 1 amide bonds. The van der Waals surface area contributed by atoms with Crippen molar-refractivity contribution >= 4 is 17.5 Å². The average molecular weight is 414 g/mol. The number of carbonyl (C=O) groups excluding carboxylic acids is 1. The number of amides is 1. The molecule has 1 aliphatic heterocycles. The van der Waals surface area contributed by atoms with Gasteiger partial charge in [0.05, 0.1) is 16.9 Å². The second kappa shape index (κ2) is 8.57. The highest BCUT2D eigenvalue weighted by molar-refractivity contribution is 6.32. The zero-order valence-electron chi connectivity index (χ0n) is 15.9. The number of carbonyl (C=O) groups is 1. The van der Waals surface area contributed by atoms with E-state index in [1.54, 1.807) is 29.4 Å². The Morgan fingerprint density at radius 2 is 2.00 bits per heavy atom. The number of piperidine rings is 1. The Bertz CT molecular complexity index is 984. The lowest BCUT2D eigenvalue weighted by Gasteiger charge is -2.30. The second-order valence-electron chi connectivity index (χ2n) is 6.86. The molecular weight excluding hydrogens is 394 g/mol. The Labute approximate surface area is 172 Å². The molecule has 3 aromatic rings. The standard InChI is InChI=1S/C20H20ClN5O3/c1-13-10-23-16(11-22-13)20-25-24-19(29-20)14-6-8-26(9-7-14)18(27)12-28-17-5-3-2-4-15(17)21/h2-5,10-11,14H,6-9,12H2,1H3. The fourth-order valence-corrected chi connectivity index (χ4v) is 3.36. The van der Waals surface area contributed by atoms with Crippen LogP contribution in [0.2, 0.25) is 5.02 Å². The quantitative estimate of drug-likeness (QED) is 0.633. The smallest absolute Gasteiger partial charge is 0.267 e. The number of likely N-dealkylation sites (tertiary alicyclic amines) is 1. The molecule has 1 fully saturated rings. The normalized spacial score (nSPS) is 14.8. The van der Waals surface area contributed by atoms with Crippen LogP contribution in [0, 0.1) is 6.92 Å². The molecule has 29 heavy (non-hydrogen) atoms. The van der Waals surface area contributed by atoms with Crippen molar-refractivity contribution in [1.82, 2.24) is 25.1 Å². The highest BCUT2D eigenvalue weighted by atomic mass is 35.5. The summed E-state index contributed by atoms with van der Waals surface area (Å²) in [6.45, 7) is 3.05. The van der Waals surface area contributed by atoms with E-state index in [0.717, 1.165) is 18.5 Å². The molecule has 0 unspecified atom stereocenters. The van der Waals surface area contributed by atoms with Crippen molar-refractivity contribution in [3.63, 3.8) is 0 Å². The number of ether oxygens (including phenoxy) is 1. The molecule has 9 heteroatoms. The zero-order valence-corrected chi connectivity index (χ0v) is 16.7. The lowest BCUT2D eigenvalue weighted by Crippen LogP contribution is -2.40. The van der Waals surface area contributed by atoms with E-state index >= 15 is 0 Å². The summed E-state index contributed by atoms with van der Waals surface area (Å²) in [5.41, 5.74) is 1.38. The number of halogens is 1. The first kappa shape index (κ1) is 19.3. The van der Waals surface area contributed by atoms with E-state index in [-0.39, 0.29) is 18.4 Å². The summed E-state index contributed by atoms with van der Waals surface area (Å²) >= 11 is 6.05. The third kappa shape index (κ3) is 4.54. The van der Waals surface area contributed by atoms with Crippen molar-refractivity contribution in [2.45, 2.75) is 25.7 Å². The van der Waals surface area contributed by atoms with Gasteiger partial charge in [-0.25, -0.2) is 4.98 Å². The third-order valence-electron chi connectivity index (χ3n) is 4.83. The Morgan fingerprint density at radius 1 is 1.21 bits per heavy atom. The van der Waals surface area contributed by atoms with Gasteiger partial charge in [0.1, 0.15) is 11.4 Å². The van der Waals surface area contributed by atoms with E-state index in [1.807, 2.05) is 19.1 Å². The summed E-state index contributed by atoms with van der Waals surface area (Å²) in [6.07, 6.45) is 4.78. The molecule has 1 aromatic carbocycles. The maximum absolute atomic E-state index is 12.4. The van der Waals surface area contributed by atoms with Crippen LogP contribution in [0.25, 0.3) is 11.6 Å². The first-order valence-electron chi connectivity index (χ1n) is 9.37. The predicted molar refractivity (Wildman–Crippen MR) is 106 cm³/mol. The molecule has 0 aliphatic carbocycles. The van der Waals surface area contributed by atoms with Gasteiger partial charge in [-0.05, 0) is 31.9 Å². The summed E-state index contributed by atoms with van der Waals surface area (Å²) < 4.78 is 11.3. The molecule has 0 radical (unpaired) electrons. The molecule has 8 nitrogen and oxygen atoms in total. The molecule has 1 aliphatic rings. The fourth-order valence-electron chi connectivity index (χ4n) is 3.17.